The lowest BCUT2D eigenvalue weighted by Gasteiger charge is -2.12. The Hall–Kier alpha value is -3.65. The fourth-order valence-corrected chi connectivity index (χ4v) is 3.97. The van der Waals surface area contributed by atoms with Crippen molar-refractivity contribution in [3.63, 3.8) is 0 Å². The Bertz CT molecular complexity index is 1280. The van der Waals surface area contributed by atoms with Crippen LogP contribution in [0, 0.1) is 0 Å². The zero-order chi connectivity index (χ0) is 22.7. The summed E-state index contributed by atoms with van der Waals surface area (Å²) in [6, 6.07) is 15.4. The summed E-state index contributed by atoms with van der Waals surface area (Å²) in [4.78, 5) is 28.3. The highest BCUT2D eigenvalue weighted by Gasteiger charge is 2.18. The number of thiazole rings is 1. The van der Waals surface area contributed by atoms with Gasteiger partial charge in [0.2, 0.25) is 11.8 Å². The summed E-state index contributed by atoms with van der Waals surface area (Å²) in [5.41, 5.74) is 1.55. The van der Waals surface area contributed by atoms with Crippen LogP contribution < -0.4 is 15.4 Å². The Kier molecular flexibility index (Phi) is 6.23. The second-order valence-electron chi connectivity index (χ2n) is 7.40. The molecular weight excluding hydrogens is 426 g/mol. The smallest absolute Gasteiger partial charge is 0.233 e. The molecule has 8 heteroatoms. The molecule has 0 fully saturated rings. The standard InChI is InChI=1S/C24H23N3O4S/c1-14(16-4-5-18-11-19(30-3)7-6-17(18)10-16)23(29)27-24-26-21(13-32-24)22-9-8-20(31-22)12-25-15(2)28/h4-11,13-14H,12H2,1-3H3,(H,25,28)(H,26,27,29)/t14-/m0/s1. The molecule has 0 aliphatic rings. The number of hydrogen-bond donors (Lipinski definition) is 2. The van der Waals surface area contributed by atoms with Crippen LogP contribution in [0.1, 0.15) is 31.1 Å². The molecular formula is C24H23N3O4S. The summed E-state index contributed by atoms with van der Waals surface area (Å²) in [6.07, 6.45) is 0. The van der Waals surface area contributed by atoms with Crippen molar-refractivity contribution >= 4 is 39.1 Å². The van der Waals surface area contributed by atoms with Gasteiger partial charge < -0.3 is 19.8 Å². The zero-order valence-electron chi connectivity index (χ0n) is 18.0. The minimum Gasteiger partial charge on any atom is -0.497 e. The fourth-order valence-electron chi connectivity index (χ4n) is 3.27. The van der Waals surface area contributed by atoms with E-state index in [-0.39, 0.29) is 17.7 Å². The van der Waals surface area contributed by atoms with Crippen LogP contribution in [-0.2, 0) is 16.1 Å². The molecule has 4 rings (SSSR count). The number of methoxy groups -OCH3 is 1. The van der Waals surface area contributed by atoms with E-state index in [4.69, 9.17) is 9.15 Å². The molecule has 0 aliphatic heterocycles. The van der Waals surface area contributed by atoms with Gasteiger partial charge in [-0.05, 0) is 47.5 Å². The summed E-state index contributed by atoms with van der Waals surface area (Å²) < 4.78 is 11.0. The number of fused-ring (bicyclic) bond motifs is 1. The van der Waals surface area contributed by atoms with Crippen molar-refractivity contribution in [3.05, 3.63) is 65.2 Å². The molecule has 0 unspecified atom stereocenters. The van der Waals surface area contributed by atoms with Crippen molar-refractivity contribution in [2.45, 2.75) is 26.3 Å². The van der Waals surface area contributed by atoms with Gasteiger partial charge in [-0.25, -0.2) is 4.98 Å². The maximum absolute atomic E-state index is 12.8. The third kappa shape index (κ3) is 4.81. The monoisotopic (exact) mass is 449 g/mol. The molecule has 1 atom stereocenters. The zero-order valence-corrected chi connectivity index (χ0v) is 18.8. The number of anilines is 1. The Morgan fingerprint density at radius 1 is 1.12 bits per heavy atom. The van der Waals surface area contributed by atoms with Crippen molar-refractivity contribution in [3.8, 4) is 17.2 Å². The van der Waals surface area contributed by atoms with Crippen molar-refractivity contribution < 1.29 is 18.7 Å². The molecule has 0 saturated carbocycles. The normalized spacial score (nSPS) is 11.8. The Labute approximate surface area is 189 Å². The molecule has 164 valence electrons. The van der Waals surface area contributed by atoms with E-state index in [9.17, 15) is 9.59 Å². The van der Waals surface area contributed by atoms with Crippen LogP contribution in [0.2, 0.25) is 0 Å². The predicted octanol–water partition coefficient (Wildman–Crippen LogP) is 4.94. The molecule has 2 amide bonds. The Morgan fingerprint density at radius 3 is 2.69 bits per heavy atom. The van der Waals surface area contributed by atoms with Gasteiger partial charge in [0, 0.05) is 12.3 Å². The topological polar surface area (TPSA) is 93.5 Å². The van der Waals surface area contributed by atoms with Gasteiger partial charge in [-0.3, -0.25) is 9.59 Å². The number of nitrogens with one attached hydrogen (secondary N) is 2. The molecule has 0 radical (unpaired) electrons. The molecule has 2 N–H and O–H groups in total. The van der Waals surface area contributed by atoms with Crippen molar-refractivity contribution in [1.29, 1.82) is 0 Å². The first-order chi connectivity index (χ1) is 15.4. The number of rotatable bonds is 7. The number of carbonyl (C=O) groups excluding carboxylic acids is 2. The van der Waals surface area contributed by atoms with E-state index >= 15 is 0 Å². The summed E-state index contributed by atoms with van der Waals surface area (Å²) >= 11 is 1.33. The van der Waals surface area contributed by atoms with Gasteiger partial charge in [0.15, 0.2) is 10.9 Å². The number of carbonyl (C=O) groups is 2. The molecule has 0 aliphatic carbocycles. The molecule has 4 aromatic rings. The summed E-state index contributed by atoms with van der Waals surface area (Å²) in [7, 11) is 1.64. The van der Waals surface area contributed by atoms with E-state index in [0.717, 1.165) is 22.1 Å². The molecule has 0 spiro atoms. The minimum absolute atomic E-state index is 0.123. The molecule has 2 aromatic carbocycles. The summed E-state index contributed by atoms with van der Waals surface area (Å²) in [5.74, 6) is 1.42. The molecule has 0 saturated heterocycles. The first kappa shape index (κ1) is 21.6. The molecule has 2 aromatic heterocycles. The van der Waals surface area contributed by atoms with E-state index < -0.39 is 0 Å². The average Bonchev–Trinajstić information content (AvgIpc) is 3.45. The third-order valence-corrected chi connectivity index (χ3v) is 5.88. The fraction of sp³-hybridized carbons (Fsp3) is 0.208. The van der Waals surface area contributed by atoms with Gasteiger partial charge in [-0.2, -0.15) is 0 Å². The number of furan rings is 1. The number of ether oxygens (including phenoxy) is 1. The molecule has 7 nitrogen and oxygen atoms in total. The van der Waals surface area contributed by atoms with Gasteiger partial charge in [0.25, 0.3) is 0 Å². The largest absolute Gasteiger partial charge is 0.497 e. The van der Waals surface area contributed by atoms with E-state index in [1.807, 2.05) is 48.7 Å². The highest BCUT2D eigenvalue weighted by atomic mass is 32.1. The lowest BCUT2D eigenvalue weighted by molar-refractivity contribution is -0.119. The van der Waals surface area contributed by atoms with Gasteiger partial charge in [0.05, 0.1) is 19.6 Å². The van der Waals surface area contributed by atoms with Gasteiger partial charge in [0.1, 0.15) is 17.2 Å². The second-order valence-corrected chi connectivity index (χ2v) is 8.26. The first-order valence-electron chi connectivity index (χ1n) is 10.1. The number of amides is 2. The van der Waals surface area contributed by atoms with Crippen LogP contribution in [0.15, 0.2) is 58.3 Å². The summed E-state index contributed by atoms with van der Waals surface area (Å²) in [6.45, 7) is 3.64. The molecule has 32 heavy (non-hydrogen) atoms. The van der Waals surface area contributed by atoms with Gasteiger partial charge in [-0.15, -0.1) is 11.3 Å². The molecule has 2 heterocycles. The van der Waals surface area contributed by atoms with E-state index in [1.54, 1.807) is 19.2 Å². The minimum atomic E-state index is -0.346. The lowest BCUT2D eigenvalue weighted by atomic mass is 9.97. The van der Waals surface area contributed by atoms with Crippen LogP contribution in [0.5, 0.6) is 5.75 Å². The van der Waals surface area contributed by atoms with Gasteiger partial charge in [-0.1, -0.05) is 24.3 Å². The average molecular weight is 450 g/mol. The van der Waals surface area contributed by atoms with E-state index in [2.05, 4.69) is 15.6 Å². The van der Waals surface area contributed by atoms with Crippen LogP contribution in [0.3, 0.4) is 0 Å². The molecule has 0 bridgehead atoms. The lowest BCUT2D eigenvalue weighted by Crippen LogP contribution is -2.18. The van der Waals surface area contributed by atoms with Crippen molar-refractivity contribution in [2.24, 2.45) is 0 Å². The maximum Gasteiger partial charge on any atom is 0.233 e. The number of nitrogens with zero attached hydrogens (tertiary/aromatic N) is 1. The first-order valence-corrected chi connectivity index (χ1v) is 11.0. The van der Waals surface area contributed by atoms with Crippen LogP contribution in [-0.4, -0.2) is 23.9 Å². The van der Waals surface area contributed by atoms with E-state index in [1.165, 1.54) is 18.3 Å². The third-order valence-electron chi connectivity index (χ3n) is 5.12. The van der Waals surface area contributed by atoms with Crippen LogP contribution >= 0.6 is 11.3 Å². The SMILES string of the molecule is COc1ccc2cc([C@H](C)C(=O)Nc3nc(-c4ccc(CNC(C)=O)o4)cs3)ccc2c1. The Balaban J connectivity index is 1.43. The number of hydrogen-bond acceptors (Lipinski definition) is 6. The number of aromatic nitrogens is 1. The predicted molar refractivity (Wildman–Crippen MR) is 125 cm³/mol. The quantitative estimate of drug-likeness (QED) is 0.417. The van der Waals surface area contributed by atoms with Gasteiger partial charge >= 0.3 is 0 Å². The van der Waals surface area contributed by atoms with Crippen molar-refractivity contribution in [2.75, 3.05) is 12.4 Å². The highest BCUT2D eigenvalue weighted by Crippen LogP contribution is 2.29. The van der Waals surface area contributed by atoms with Crippen molar-refractivity contribution in [1.82, 2.24) is 10.3 Å². The van der Waals surface area contributed by atoms with Crippen LogP contribution in [0.4, 0.5) is 5.13 Å². The second kappa shape index (κ2) is 9.23. The Morgan fingerprint density at radius 2 is 1.91 bits per heavy atom. The number of benzene rings is 2. The maximum atomic E-state index is 12.8. The summed E-state index contributed by atoms with van der Waals surface area (Å²) in [5, 5.41) is 10.0. The van der Waals surface area contributed by atoms with Crippen LogP contribution in [0.25, 0.3) is 22.2 Å². The van der Waals surface area contributed by atoms with E-state index in [0.29, 0.717) is 28.9 Å². The highest BCUT2D eigenvalue weighted by molar-refractivity contribution is 7.14.